The molecule has 0 saturated heterocycles. The van der Waals surface area contributed by atoms with Gasteiger partial charge in [0.15, 0.2) is 6.10 Å². The van der Waals surface area contributed by atoms with Gasteiger partial charge in [-0.2, -0.15) is 5.10 Å². The number of benzene rings is 2. The number of ether oxygens (including phenoxy) is 1. The Balaban J connectivity index is 1.49. The summed E-state index contributed by atoms with van der Waals surface area (Å²) < 4.78 is 7.42. The summed E-state index contributed by atoms with van der Waals surface area (Å²) in [5.41, 5.74) is 2.03. The van der Waals surface area contributed by atoms with E-state index in [0.717, 1.165) is 11.3 Å². The van der Waals surface area contributed by atoms with E-state index in [1.54, 1.807) is 31.3 Å². The Morgan fingerprint density at radius 3 is 2.74 bits per heavy atom. The highest BCUT2D eigenvalue weighted by Crippen LogP contribution is 2.32. The number of para-hydroxylation sites is 1. The normalized spacial score (nSPS) is 11.8. The molecule has 2 aromatic carbocycles. The van der Waals surface area contributed by atoms with Crippen molar-refractivity contribution in [3.05, 3.63) is 76.5 Å². The van der Waals surface area contributed by atoms with Gasteiger partial charge in [0.25, 0.3) is 5.91 Å². The van der Waals surface area contributed by atoms with Gasteiger partial charge >= 0.3 is 0 Å². The van der Waals surface area contributed by atoms with Crippen LogP contribution in [0.5, 0.6) is 5.75 Å². The maximum Gasteiger partial charge on any atom is 0.260 e. The van der Waals surface area contributed by atoms with Crippen LogP contribution in [0.25, 0.3) is 5.69 Å². The second-order valence-corrected chi connectivity index (χ2v) is 6.77. The summed E-state index contributed by atoms with van der Waals surface area (Å²) in [5, 5.41) is 7.89. The molecule has 27 heavy (non-hydrogen) atoms. The van der Waals surface area contributed by atoms with Crippen LogP contribution < -0.4 is 10.1 Å². The molecule has 0 bridgehead atoms. The van der Waals surface area contributed by atoms with Gasteiger partial charge in [-0.25, -0.2) is 4.68 Å². The van der Waals surface area contributed by atoms with E-state index in [0.29, 0.717) is 28.8 Å². The first-order valence-electron chi connectivity index (χ1n) is 8.52. The highest BCUT2D eigenvalue weighted by molar-refractivity contribution is 6.42. The average molecular weight is 404 g/mol. The molecule has 0 aliphatic rings. The number of hydrogen-bond donors (Lipinski definition) is 1. The number of amides is 1. The van der Waals surface area contributed by atoms with Crippen LogP contribution in [0.1, 0.15) is 12.5 Å². The summed E-state index contributed by atoms with van der Waals surface area (Å²) in [7, 11) is 0. The van der Waals surface area contributed by atoms with Crippen molar-refractivity contribution >= 4 is 29.1 Å². The van der Waals surface area contributed by atoms with Crippen LogP contribution in [0.15, 0.2) is 60.9 Å². The quantitative estimate of drug-likeness (QED) is 0.639. The van der Waals surface area contributed by atoms with E-state index in [1.807, 2.05) is 41.2 Å². The van der Waals surface area contributed by atoms with Gasteiger partial charge in [0.1, 0.15) is 10.8 Å². The van der Waals surface area contributed by atoms with Crippen molar-refractivity contribution in [3.8, 4) is 11.4 Å². The molecule has 0 spiro atoms. The molecular formula is C20H19Cl2N3O2. The third-order valence-electron chi connectivity index (χ3n) is 3.96. The lowest BCUT2D eigenvalue weighted by Gasteiger charge is -2.15. The minimum Gasteiger partial charge on any atom is -0.479 e. The lowest BCUT2D eigenvalue weighted by molar-refractivity contribution is -0.127. The van der Waals surface area contributed by atoms with Gasteiger partial charge in [0.05, 0.1) is 16.9 Å². The molecule has 0 aliphatic carbocycles. The minimum atomic E-state index is -0.687. The van der Waals surface area contributed by atoms with Crippen molar-refractivity contribution in [2.24, 2.45) is 0 Å². The van der Waals surface area contributed by atoms with Crippen LogP contribution in [0, 0.1) is 0 Å². The summed E-state index contributed by atoms with van der Waals surface area (Å²) in [6.07, 6.45) is 3.73. The predicted molar refractivity (Wildman–Crippen MR) is 107 cm³/mol. The maximum absolute atomic E-state index is 12.2. The van der Waals surface area contributed by atoms with E-state index < -0.39 is 6.10 Å². The zero-order valence-electron chi connectivity index (χ0n) is 14.7. The van der Waals surface area contributed by atoms with E-state index in [4.69, 9.17) is 27.9 Å². The third-order valence-corrected chi connectivity index (χ3v) is 4.76. The third kappa shape index (κ3) is 5.02. The van der Waals surface area contributed by atoms with Crippen molar-refractivity contribution in [1.82, 2.24) is 15.1 Å². The van der Waals surface area contributed by atoms with Gasteiger partial charge in [-0.05, 0) is 43.2 Å². The van der Waals surface area contributed by atoms with Crippen molar-refractivity contribution in [1.29, 1.82) is 0 Å². The first-order chi connectivity index (χ1) is 13.0. The van der Waals surface area contributed by atoms with Gasteiger partial charge in [-0.3, -0.25) is 4.79 Å². The Morgan fingerprint density at radius 1 is 1.19 bits per heavy atom. The molecule has 3 rings (SSSR count). The van der Waals surface area contributed by atoms with Gasteiger partial charge < -0.3 is 10.1 Å². The number of aromatic nitrogens is 2. The summed E-state index contributed by atoms with van der Waals surface area (Å²) >= 11 is 12.0. The monoisotopic (exact) mass is 403 g/mol. The fourth-order valence-electron chi connectivity index (χ4n) is 2.50. The highest BCUT2D eigenvalue weighted by Gasteiger charge is 2.16. The molecule has 3 aromatic rings. The number of carbonyl (C=O) groups is 1. The molecule has 1 aromatic heterocycles. The molecule has 1 atom stereocenters. The van der Waals surface area contributed by atoms with Crippen LogP contribution in [-0.2, 0) is 11.2 Å². The molecule has 140 valence electrons. The zero-order valence-corrected chi connectivity index (χ0v) is 16.2. The fraction of sp³-hybridized carbons (Fsp3) is 0.200. The minimum absolute atomic E-state index is 0.221. The number of carbonyl (C=O) groups excluding carboxylic acids is 1. The van der Waals surface area contributed by atoms with Crippen LogP contribution in [0.4, 0.5) is 0 Å². The van der Waals surface area contributed by atoms with Gasteiger partial charge in [-0.1, -0.05) is 47.5 Å². The molecular weight excluding hydrogens is 385 g/mol. The molecule has 1 unspecified atom stereocenters. The standard InChI is InChI=1S/C20H19Cl2N3O2/c1-14(27-18-9-5-8-17(21)19(18)22)20(26)23-11-10-15-12-24-25(13-15)16-6-3-2-4-7-16/h2-9,12-14H,10-11H2,1H3,(H,23,26). The molecule has 1 heterocycles. The predicted octanol–water partition coefficient (Wildman–Crippen LogP) is 4.31. The largest absolute Gasteiger partial charge is 0.479 e. The second-order valence-electron chi connectivity index (χ2n) is 5.98. The molecule has 5 nitrogen and oxygen atoms in total. The Hall–Kier alpha value is -2.50. The van der Waals surface area contributed by atoms with E-state index >= 15 is 0 Å². The van der Waals surface area contributed by atoms with Crippen molar-refractivity contribution in [2.75, 3.05) is 6.54 Å². The molecule has 7 heteroatoms. The Bertz CT molecular complexity index is 913. The maximum atomic E-state index is 12.2. The number of rotatable bonds is 7. The topological polar surface area (TPSA) is 56.1 Å². The van der Waals surface area contributed by atoms with Crippen LogP contribution in [0.3, 0.4) is 0 Å². The van der Waals surface area contributed by atoms with E-state index in [-0.39, 0.29) is 5.91 Å². The highest BCUT2D eigenvalue weighted by atomic mass is 35.5. The Labute approximate surface area is 167 Å². The smallest absolute Gasteiger partial charge is 0.260 e. The second kappa shape index (κ2) is 8.93. The molecule has 0 aliphatic heterocycles. The van der Waals surface area contributed by atoms with Crippen LogP contribution in [0.2, 0.25) is 10.0 Å². The van der Waals surface area contributed by atoms with Crippen LogP contribution >= 0.6 is 23.2 Å². The molecule has 0 radical (unpaired) electrons. The molecule has 1 N–H and O–H groups in total. The SMILES string of the molecule is CC(Oc1cccc(Cl)c1Cl)C(=O)NCCc1cnn(-c2ccccc2)c1. The Morgan fingerprint density at radius 2 is 1.96 bits per heavy atom. The van der Waals surface area contributed by atoms with E-state index in [2.05, 4.69) is 10.4 Å². The lowest BCUT2D eigenvalue weighted by atomic mass is 10.2. The first-order valence-corrected chi connectivity index (χ1v) is 9.27. The first kappa shape index (κ1) is 19.3. The van der Waals surface area contributed by atoms with Crippen molar-refractivity contribution < 1.29 is 9.53 Å². The number of halogens is 2. The van der Waals surface area contributed by atoms with Crippen molar-refractivity contribution in [2.45, 2.75) is 19.4 Å². The average Bonchev–Trinajstić information content (AvgIpc) is 3.15. The fourth-order valence-corrected chi connectivity index (χ4v) is 2.84. The zero-order chi connectivity index (χ0) is 19.2. The van der Waals surface area contributed by atoms with Gasteiger partial charge in [0.2, 0.25) is 0 Å². The number of nitrogens with zero attached hydrogens (tertiary/aromatic N) is 2. The molecule has 0 saturated carbocycles. The van der Waals surface area contributed by atoms with Crippen LogP contribution in [-0.4, -0.2) is 28.3 Å². The van der Waals surface area contributed by atoms with E-state index in [9.17, 15) is 4.79 Å². The van der Waals surface area contributed by atoms with Gasteiger partial charge in [0, 0.05) is 12.7 Å². The summed E-state index contributed by atoms with van der Waals surface area (Å²) in [6, 6.07) is 14.9. The molecule has 0 fully saturated rings. The summed E-state index contributed by atoms with van der Waals surface area (Å²) in [4.78, 5) is 12.2. The Kier molecular flexibility index (Phi) is 6.37. The van der Waals surface area contributed by atoms with Crippen molar-refractivity contribution in [3.63, 3.8) is 0 Å². The summed E-state index contributed by atoms with van der Waals surface area (Å²) in [6.45, 7) is 2.15. The molecule has 1 amide bonds. The van der Waals surface area contributed by atoms with Gasteiger partial charge in [-0.15, -0.1) is 0 Å². The van der Waals surface area contributed by atoms with E-state index in [1.165, 1.54) is 0 Å². The lowest BCUT2D eigenvalue weighted by Crippen LogP contribution is -2.37. The summed E-state index contributed by atoms with van der Waals surface area (Å²) in [5.74, 6) is 0.164. The number of nitrogens with one attached hydrogen (secondary N) is 1. The number of hydrogen-bond acceptors (Lipinski definition) is 3.